The normalized spacial score (nSPS) is 14.4. The Morgan fingerprint density at radius 3 is 2.17 bits per heavy atom. The molecule has 0 radical (unpaired) electrons. The Balaban J connectivity index is 3.55. The summed E-state index contributed by atoms with van der Waals surface area (Å²) in [6.45, 7) is 14.7. The molecule has 0 aliphatic heterocycles. The quantitative estimate of drug-likeness (QED) is 0.376. The van der Waals surface area contributed by atoms with Crippen molar-refractivity contribution in [2.45, 2.75) is 104 Å². The SMILES string of the molecule is CCCC(C)NC(=O)C(c1ccccc1O)N(C(=O)C(CCSC)NC(=O)OC(C)(C)C)C(C)(C)C. The molecular formula is C27H45N3O5S. The Morgan fingerprint density at radius 1 is 1.06 bits per heavy atom. The molecule has 0 saturated heterocycles. The fourth-order valence-electron chi connectivity index (χ4n) is 3.90. The first-order valence-electron chi connectivity index (χ1n) is 12.5. The molecule has 0 aromatic heterocycles. The van der Waals surface area contributed by atoms with Gasteiger partial charge in [-0.25, -0.2) is 4.79 Å². The highest BCUT2D eigenvalue weighted by atomic mass is 32.2. The molecule has 0 fully saturated rings. The molecule has 3 amide bonds. The van der Waals surface area contributed by atoms with Gasteiger partial charge in [-0.05, 0) is 79.4 Å². The summed E-state index contributed by atoms with van der Waals surface area (Å²) < 4.78 is 5.41. The molecule has 8 nitrogen and oxygen atoms in total. The summed E-state index contributed by atoms with van der Waals surface area (Å²) in [7, 11) is 0. The Bertz CT molecular complexity index is 879. The van der Waals surface area contributed by atoms with Gasteiger partial charge in [-0.3, -0.25) is 9.59 Å². The van der Waals surface area contributed by atoms with Crippen molar-refractivity contribution in [2.75, 3.05) is 12.0 Å². The maximum atomic E-state index is 14.1. The lowest BCUT2D eigenvalue weighted by Gasteiger charge is -2.43. The Labute approximate surface area is 220 Å². The van der Waals surface area contributed by atoms with Gasteiger partial charge in [0.15, 0.2) is 0 Å². The molecular weight excluding hydrogens is 478 g/mol. The highest BCUT2D eigenvalue weighted by Gasteiger charge is 2.42. The number of nitrogens with zero attached hydrogens (tertiary/aromatic N) is 1. The Morgan fingerprint density at radius 2 is 1.67 bits per heavy atom. The maximum absolute atomic E-state index is 14.1. The molecule has 36 heavy (non-hydrogen) atoms. The maximum Gasteiger partial charge on any atom is 0.408 e. The number of hydrogen-bond donors (Lipinski definition) is 3. The van der Waals surface area contributed by atoms with Gasteiger partial charge >= 0.3 is 6.09 Å². The van der Waals surface area contributed by atoms with Gasteiger partial charge in [0.1, 0.15) is 23.4 Å². The number of amides is 3. The van der Waals surface area contributed by atoms with Gasteiger partial charge in [0.2, 0.25) is 11.8 Å². The summed E-state index contributed by atoms with van der Waals surface area (Å²) >= 11 is 1.55. The van der Waals surface area contributed by atoms with E-state index >= 15 is 0 Å². The third-order valence-corrected chi connectivity index (χ3v) is 6.05. The summed E-state index contributed by atoms with van der Waals surface area (Å²) in [5, 5.41) is 16.4. The lowest BCUT2D eigenvalue weighted by Crippen LogP contribution is -2.59. The second-order valence-electron chi connectivity index (χ2n) is 11.0. The van der Waals surface area contributed by atoms with Crippen LogP contribution in [0.3, 0.4) is 0 Å². The summed E-state index contributed by atoms with van der Waals surface area (Å²) in [4.78, 5) is 41.9. The molecule has 204 valence electrons. The van der Waals surface area contributed by atoms with Crippen LogP contribution >= 0.6 is 11.8 Å². The lowest BCUT2D eigenvalue weighted by atomic mass is 9.94. The van der Waals surface area contributed by atoms with E-state index in [4.69, 9.17) is 4.74 Å². The number of aromatic hydroxyl groups is 1. The summed E-state index contributed by atoms with van der Waals surface area (Å²) in [6, 6.07) is 4.41. The average Bonchev–Trinajstić information content (AvgIpc) is 2.73. The topological polar surface area (TPSA) is 108 Å². The zero-order chi connectivity index (χ0) is 27.7. The van der Waals surface area contributed by atoms with Gasteiger partial charge in [0.05, 0.1) is 0 Å². The number of alkyl carbamates (subject to hydrolysis) is 1. The molecule has 1 aromatic carbocycles. The first-order chi connectivity index (χ1) is 16.6. The van der Waals surface area contributed by atoms with E-state index in [1.54, 1.807) is 50.7 Å². The molecule has 0 heterocycles. The molecule has 0 spiro atoms. The van der Waals surface area contributed by atoms with Gasteiger partial charge in [-0.1, -0.05) is 31.5 Å². The van der Waals surface area contributed by atoms with Crippen LogP contribution in [0.4, 0.5) is 4.79 Å². The average molecular weight is 524 g/mol. The molecule has 3 unspecified atom stereocenters. The minimum absolute atomic E-state index is 0.0800. The van der Waals surface area contributed by atoms with E-state index in [-0.39, 0.29) is 17.7 Å². The van der Waals surface area contributed by atoms with E-state index in [0.29, 0.717) is 17.7 Å². The van der Waals surface area contributed by atoms with Crippen molar-refractivity contribution >= 4 is 29.7 Å². The highest BCUT2D eigenvalue weighted by molar-refractivity contribution is 7.98. The predicted molar refractivity (Wildman–Crippen MR) is 146 cm³/mol. The molecule has 0 saturated carbocycles. The van der Waals surface area contributed by atoms with Crippen molar-refractivity contribution in [1.29, 1.82) is 0 Å². The van der Waals surface area contributed by atoms with E-state index in [9.17, 15) is 19.5 Å². The lowest BCUT2D eigenvalue weighted by molar-refractivity contribution is -0.148. The number of ether oxygens (including phenoxy) is 1. The van der Waals surface area contributed by atoms with Crippen LogP contribution in [0.5, 0.6) is 5.75 Å². The van der Waals surface area contributed by atoms with Crippen LogP contribution in [0.15, 0.2) is 24.3 Å². The van der Waals surface area contributed by atoms with Gasteiger partial charge in [-0.2, -0.15) is 11.8 Å². The zero-order valence-corrected chi connectivity index (χ0v) is 24.1. The van der Waals surface area contributed by atoms with Crippen molar-refractivity contribution in [1.82, 2.24) is 15.5 Å². The first-order valence-corrected chi connectivity index (χ1v) is 13.9. The van der Waals surface area contributed by atoms with Crippen LogP contribution in [-0.4, -0.2) is 63.1 Å². The fraction of sp³-hybridized carbons (Fsp3) is 0.667. The number of phenols is 1. The van der Waals surface area contributed by atoms with Crippen LogP contribution in [-0.2, 0) is 14.3 Å². The van der Waals surface area contributed by atoms with Gasteiger partial charge in [0, 0.05) is 17.1 Å². The number of rotatable bonds is 11. The monoisotopic (exact) mass is 523 g/mol. The largest absolute Gasteiger partial charge is 0.508 e. The van der Waals surface area contributed by atoms with Crippen molar-refractivity contribution in [2.24, 2.45) is 0 Å². The van der Waals surface area contributed by atoms with E-state index in [2.05, 4.69) is 10.6 Å². The van der Waals surface area contributed by atoms with Crippen molar-refractivity contribution < 1.29 is 24.2 Å². The van der Waals surface area contributed by atoms with Crippen molar-refractivity contribution in [3.05, 3.63) is 29.8 Å². The molecule has 3 N–H and O–H groups in total. The number of para-hydroxylation sites is 1. The third kappa shape index (κ3) is 9.91. The number of hydrogen-bond acceptors (Lipinski definition) is 6. The molecule has 0 aliphatic carbocycles. The van der Waals surface area contributed by atoms with E-state index < -0.39 is 35.2 Å². The number of thioether (sulfide) groups is 1. The van der Waals surface area contributed by atoms with E-state index in [1.807, 2.05) is 40.9 Å². The molecule has 1 aromatic rings. The predicted octanol–water partition coefficient (Wildman–Crippen LogP) is 5.01. The third-order valence-electron chi connectivity index (χ3n) is 5.41. The minimum Gasteiger partial charge on any atom is -0.508 e. The van der Waals surface area contributed by atoms with E-state index in [0.717, 1.165) is 12.8 Å². The molecule has 9 heteroatoms. The van der Waals surface area contributed by atoms with Crippen LogP contribution in [0, 0.1) is 0 Å². The summed E-state index contributed by atoms with van der Waals surface area (Å²) in [5.74, 6) is -0.273. The molecule has 3 atom stereocenters. The van der Waals surface area contributed by atoms with Crippen LogP contribution in [0.1, 0.15) is 86.3 Å². The smallest absolute Gasteiger partial charge is 0.408 e. The second-order valence-corrected chi connectivity index (χ2v) is 12.0. The summed E-state index contributed by atoms with van der Waals surface area (Å²) in [5.41, 5.74) is -1.22. The number of carbonyl (C=O) groups excluding carboxylic acids is 3. The second kappa shape index (κ2) is 13.8. The number of benzene rings is 1. The molecule has 0 aliphatic rings. The zero-order valence-electron chi connectivity index (χ0n) is 23.3. The standard InChI is InChI=1S/C27H45N3O5S/c1-10-13-18(2)28-23(32)22(19-14-11-12-15-21(19)31)30(26(3,4)5)24(33)20(16-17-36-9)29-25(34)35-27(6,7)8/h11-12,14-15,18,20,22,31H,10,13,16-17H2,1-9H3,(H,28,32)(H,29,34). The Kier molecular flexibility index (Phi) is 12.1. The fourth-order valence-corrected chi connectivity index (χ4v) is 4.37. The first kappa shape index (κ1) is 31.6. The number of nitrogens with one attached hydrogen (secondary N) is 2. The van der Waals surface area contributed by atoms with E-state index in [1.165, 1.54) is 11.0 Å². The molecule has 0 bridgehead atoms. The minimum atomic E-state index is -1.10. The van der Waals surface area contributed by atoms with Gasteiger partial charge in [-0.15, -0.1) is 0 Å². The van der Waals surface area contributed by atoms with Crippen molar-refractivity contribution in [3.63, 3.8) is 0 Å². The van der Waals surface area contributed by atoms with Crippen LogP contribution in [0.2, 0.25) is 0 Å². The number of carbonyl (C=O) groups is 3. The highest BCUT2D eigenvalue weighted by Crippen LogP contribution is 2.34. The Hall–Kier alpha value is -2.42. The molecule has 1 rings (SSSR count). The summed E-state index contributed by atoms with van der Waals surface area (Å²) in [6.07, 6.45) is 3.24. The van der Waals surface area contributed by atoms with Gasteiger partial charge < -0.3 is 25.4 Å². The van der Waals surface area contributed by atoms with Gasteiger partial charge in [0.25, 0.3) is 0 Å². The van der Waals surface area contributed by atoms with Crippen LogP contribution < -0.4 is 10.6 Å². The van der Waals surface area contributed by atoms with Crippen LogP contribution in [0.25, 0.3) is 0 Å². The van der Waals surface area contributed by atoms with Crippen molar-refractivity contribution in [3.8, 4) is 5.75 Å². The number of phenolic OH excluding ortho intramolecular Hbond substituents is 1.